The van der Waals surface area contributed by atoms with E-state index < -0.39 is 0 Å². The fourth-order valence-corrected chi connectivity index (χ4v) is 2.26. The monoisotopic (exact) mass is 207 g/mol. The van der Waals surface area contributed by atoms with E-state index in [2.05, 4.69) is 4.99 Å². The van der Waals surface area contributed by atoms with Crippen LogP contribution < -0.4 is 0 Å². The minimum atomic E-state index is 0.695. The second-order valence-electron chi connectivity index (χ2n) is 2.84. The first-order valence-corrected chi connectivity index (χ1v) is 5.25. The highest BCUT2D eigenvalue weighted by Gasteiger charge is 2.20. The van der Waals surface area contributed by atoms with E-state index in [0.717, 1.165) is 23.2 Å². The van der Waals surface area contributed by atoms with Gasteiger partial charge in [0.1, 0.15) is 5.76 Å². The summed E-state index contributed by atoms with van der Waals surface area (Å²) in [5.41, 5.74) is 0. The van der Waals surface area contributed by atoms with Crippen molar-refractivity contribution in [2.24, 2.45) is 4.99 Å². The number of hydrogen-bond donors (Lipinski definition) is 0. The highest BCUT2D eigenvalue weighted by molar-refractivity contribution is 8.14. The van der Waals surface area contributed by atoms with Crippen LogP contribution >= 0.6 is 11.8 Å². The predicted octanol–water partition coefficient (Wildman–Crippen LogP) is 1.67. The van der Waals surface area contributed by atoms with Crippen molar-refractivity contribution in [3.63, 3.8) is 0 Å². The molecule has 0 atom stereocenters. The lowest BCUT2D eigenvalue weighted by atomic mass is 10.4. The van der Waals surface area contributed by atoms with Crippen molar-refractivity contribution < 1.29 is 4.42 Å². The Bertz CT molecular complexity index is 366. The van der Waals surface area contributed by atoms with Crippen LogP contribution in [-0.2, 0) is 6.54 Å². The Balaban J connectivity index is 2.05. The van der Waals surface area contributed by atoms with Crippen molar-refractivity contribution >= 4 is 16.9 Å². The van der Waals surface area contributed by atoms with Crippen molar-refractivity contribution in [3.05, 3.63) is 24.2 Å². The Morgan fingerprint density at radius 3 is 3.36 bits per heavy atom. The van der Waals surface area contributed by atoms with Crippen LogP contribution in [0.5, 0.6) is 0 Å². The second-order valence-corrected chi connectivity index (χ2v) is 3.91. The number of rotatable bonds is 2. The summed E-state index contributed by atoms with van der Waals surface area (Å²) in [4.78, 5) is 5.80. The van der Waals surface area contributed by atoms with Gasteiger partial charge in [0.15, 0.2) is 5.17 Å². The molecule has 0 saturated carbocycles. The fourth-order valence-electron chi connectivity index (χ4n) is 1.32. The molecule has 5 heteroatoms. The van der Waals surface area contributed by atoms with Crippen molar-refractivity contribution in [1.82, 2.24) is 4.90 Å². The molecular formula is C9H9N3OS. The lowest BCUT2D eigenvalue weighted by molar-refractivity contribution is 0.388. The Labute approximate surface area is 86.2 Å². The number of hydrogen-bond acceptors (Lipinski definition) is 4. The minimum Gasteiger partial charge on any atom is -0.467 e. The molecule has 2 heterocycles. The average Bonchev–Trinajstić information content (AvgIpc) is 2.80. The van der Waals surface area contributed by atoms with Gasteiger partial charge >= 0.3 is 0 Å². The third-order valence-electron chi connectivity index (χ3n) is 1.94. The van der Waals surface area contributed by atoms with Crippen LogP contribution in [0.15, 0.2) is 27.8 Å². The number of aliphatic imine (C=N–C) groups is 1. The molecule has 0 unspecified atom stereocenters. The molecule has 1 aromatic rings. The molecule has 14 heavy (non-hydrogen) atoms. The Morgan fingerprint density at radius 1 is 1.71 bits per heavy atom. The first-order valence-electron chi connectivity index (χ1n) is 4.27. The third kappa shape index (κ3) is 1.91. The van der Waals surface area contributed by atoms with E-state index in [4.69, 9.17) is 9.68 Å². The molecule has 1 fully saturated rings. The van der Waals surface area contributed by atoms with E-state index in [-0.39, 0.29) is 0 Å². The van der Waals surface area contributed by atoms with Crippen LogP contribution in [0, 0.1) is 11.5 Å². The van der Waals surface area contributed by atoms with Crippen LogP contribution in [0.3, 0.4) is 0 Å². The summed E-state index contributed by atoms with van der Waals surface area (Å²) in [7, 11) is 0. The molecule has 0 amide bonds. The van der Waals surface area contributed by atoms with Gasteiger partial charge in [-0.25, -0.2) is 0 Å². The summed E-state index contributed by atoms with van der Waals surface area (Å²) in [6.45, 7) is 1.62. The fraction of sp³-hybridized carbons (Fsp3) is 0.333. The summed E-state index contributed by atoms with van der Waals surface area (Å²) in [5.74, 6) is 1.89. The molecule has 1 saturated heterocycles. The van der Waals surface area contributed by atoms with Gasteiger partial charge in [-0.2, -0.15) is 5.26 Å². The summed E-state index contributed by atoms with van der Waals surface area (Å²) in [5, 5.41) is 9.26. The van der Waals surface area contributed by atoms with E-state index in [1.807, 2.05) is 23.2 Å². The van der Waals surface area contributed by atoms with Crippen LogP contribution in [0.25, 0.3) is 0 Å². The van der Waals surface area contributed by atoms with E-state index in [1.54, 1.807) is 18.0 Å². The lowest BCUT2D eigenvalue weighted by Gasteiger charge is -2.14. The molecule has 0 aromatic carbocycles. The van der Waals surface area contributed by atoms with E-state index in [9.17, 15) is 0 Å². The summed E-state index contributed by atoms with van der Waals surface area (Å²) in [6, 6.07) is 3.78. The lowest BCUT2D eigenvalue weighted by Crippen LogP contribution is -2.23. The van der Waals surface area contributed by atoms with Gasteiger partial charge in [0.2, 0.25) is 6.19 Å². The zero-order chi connectivity index (χ0) is 9.80. The van der Waals surface area contributed by atoms with Crippen LogP contribution in [0.4, 0.5) is 0 Å². The molecule has 0 N–H and O–H groups in total. The van der Waals surface area contributed by atoms with Crippen LogP contribution in [0.1, 0.15) is 5.76 Å². The average molecular weight is 207 g/mol. The van der Waals surface area contributed by atoms with Crippen molar-refractivity contribution in [2.75, 3.05) is 12.3 Å². The van der Waals surface area contributed by atoms with E-state index >= 15 is 0 Å². The summed E-state index contributed by atoms with van der Waals surface area (Å²) < 4.78 is 5.23. The molecule has 1 aliphatic heterocycles. The van der Waals surface area contributed by atoms with Gasteiger partial charge in [0.25, 0.3) is 0 Å². The molecular weight excluding hydrogens is 198 g/mol. The number of amidine groups is 1. The second kappa shape index (κ2) is 4.20. The number of nitrogens with zero attached hydrogens (tertiary/aromatic N) is 3. The third-order valence-corrected chi connectivity index (χ3v) is 2.93. The Kier molecular flexibility index (Phi) is 2.75. The molecule has 0 spiro atoms. The molecule has 1 aliphatic rings. The van der Waals surface area contributed by atoms with Gasteiger partial charge in [-0.15, -0.1) is 4.99 Å². The highest BCUT2D eigenvalue weighted by atomic mass is 32.2. The van der Waals surface area contributed by atoms with Gasteiger partial charge in [-0.1, -0.05) is 11.8 Å². The largest absolute Gasteiger partial charge is 0.467 e. The number of nitriles is 1. The first kappa shape index (κ1) is 9.16. The van der Waals surface area contributed by atoms with Crippen molar-refractivity contribution in [1.29, 1.82) is 5.26 Å². The minimum absolute atomic E-state index is 0.695. The summed E-state index contributed by atoms with van der Waals surface area (Å²) >= 11 is 1.61. The maximum absolute atomic E-state index is 8.47. The molecule has 0 bridgehead atoms. The zero-order valence-corrected chi connectivity index (χ0v) is 8.33. The number of thioether (sulfide) groups is 1. The quantitative estimate of drug-likeness (QED) is 0.692. The molecule has 72 valence electrons. The van der Waals surface area contributed by atoms with Crippen LogP contribution in [-0.4, -0.2) is 22.4 Å². The normalized spacial score (nSPS) is 18.8. The van der Waals surface area contributed by atoms with Crippen LogP contribution in [0.2, 0.25) is 0 Å². The first-order chi connectivity index (χ1) is 6.90. The molecule has 2 rings (SSSR count). The maximum atomic E-state index is 8.47. The van der Waals surface area contributed by atoms with Crippen molar-refractivity contribution in [3.8, 4) is 6.19 Å². The summed E-state index contributed by atoms with van der Waals surface area (Å²) in [6.07, 6.45) is 3.47. The molecule has 0 radical (unpaired) electrons. The Morgan fingerprint density at radius 2 is 2.64 bits per heavy atom. The standard InChI is InChI=1S/C9H9N3OS/c10-7-11-9-12(3-5-14-9)6-8-2-1-4-13-8/h1-2,4H,3,5-6H2/b11-9+. The highest BCUT2D eigenvalue weighted by Crippen LogP contribution is 2.20. The predicted molar refractivity (Wildman–Crippen MR) is 54.6 cm³/mol. The molecule has 1 aromatic heterocycles. The molecule has 0 aliphatic carbocycles. The van der Waals surface area contributed by atoms with Gasteiger partial charge in [0.05, 0.1) is 12.8 Å². The maximum Gasteiger partial charge on any atom is 0.208 e. The van der Waals surface area contributed by atoms with E-state index in [0.29, 0.717) is 6.54 Å². The molecule has 4 nitrogen and oxygen atoms in total. The topological polar surface area (TPSA) is 52.5 Å². The zero-order valence-electron chi connectivity index (χ0n) is 7.51. The number of furan rings is 1. The SMILES string of the molecule is N#C/N=C1/SCCN1Cc1ccco1. The smallest absolute Gasteiger partial charge is 0.208 e. The Hall–Kier alpha value is -1.41. The van der Waals surface area contributed by atoms with Gasteiger partial charge < -0.3 is 9.32 Å². The van der Waals surface area contributed by atoms with Crippen molar-refractivity contribution in [2.45, 2.75) is 6.54 Å². The van der Waals surface area contributed by atoms with Gasteiger partial charge in [0, 0.05) is 12.3 Å². The van der Waals surface area contributed by atoms with Gasteiger partial charge in [-0.05, 0) is 12.1 Å². The van der Waals surface area contributed by atoms with Gasteiger partial charge in [-0.3, -0.25) is 0 Å². The van der Waals surface area contributed by atoms with E-state index in [1.165, 1.54) is 0 Å².